The summed E-state index contributed by atoms with van der Waals surface area (Å²) < 4.78 is 1.63. The zero-order valence-corrected chi connectivity index (χ0v) is 18.3. The maximum absolute atomic E-state index is 13.0. The highest BCUT2D eigenvalue weighted by Crippen LogP contribution is 2.25. The Hall–Kier alpha value is -2.41. The molecule has 4 rings (SSSR count). The number of hydrogen-bond donors (Lipinski definition) is 0. The molecule has 160 valence electrons. The van der Waals surface area contributed by atoms with Gasteiger partial charge in [-0.1, -0.05) is 29.8 Å². The van der Waals surface area contributed by atoms with E-state index in [9.17, 15) is 9.59 Å². The maximum atomic E-state index is 13.0. The van der Waals surface area contributed by atoms with Crippen LogP contribution in [-0.2, 0) is 4.79 Å². The van der Waals surface area contributed by atoms with Gasteiger partial charge in [0.05, 0.1) is 11.4 Å². The first-order valence-corrected chi connectivity index (χ1v) is 11.1. The van der Waals surface area contributed by atoms with Crippen LogP contribution in [-0.4, -0.2) is 62.8 Å². The zero-order chi connectivity index (χ0) is 21.3. The van der Waals surface area contributed by atoms with Gasteiger partial charge >= 0.3 is 0 Å². The SMILES string of the molecule is Cc1c(C(=O)N2CCC(C(=O)N3CCCC(C)C3)CC2)nnn1-c1cccc(Cl)c1. The first-order valence-electron chi connectivity index (χ1n) is 10.7. The molecule has 2 aliphatic heterocycles. The molecule has 0 radical (unpaired) electrons. The van der Waals surface area contributed by atoms with Gasteiger partial charge in [0.15, 0.2) is 5.69 Å². The summed E-state index contributed by atoms with van der Waals surface area (Å²) in [6, 6.07) is 7.29. The minimum absolute atomic E-state index is 0.0163. The number of rotatable bonds is 3. The van der Waals surface area contributed by atoms with E-state index >= 15 is 0 Å². The lowest BCUT2D eigenvalue weighted by atomic mass is 9.92. The minimum atomic E-state index is -0.127. The van der Waals surface area contributed by atoms with Gasteiger partial charge in [-0.2, -0.15) is 0 Å². The van der Waals surface area contributed by atoms with E-state index in [-0.39, 0.29) is 17.7 Å². The molecule has 0 aliphatic carbocycles. The standard InChI is InChI=1S/C22H28ClN5O2/c1-15-5-4-10-27(14-15)21(29)17-8-11-26(12-9-17)22(30)20-16(2)28(25-24-20)19-7-3-6-18(23)13-19/h3,6-7,13,15,17H,4-5,8-12,14H2,1-2H3. The average molecular weight is 430 g/mol. The molecule has 8 heteroatoms. The van der Waals surface area contributed by atoms with Crippen LogP contribution in [0.1, 0.15) is 48.8 Å². The number of nitrogens with zero attached hydrogens (tertiary/aromatic N) is 5. The highest BCUT2D eigenvalue weighted by atomic mass is 35.5. The van der Waals surface area contributed by atoms with Crippen LogP contribution >= 0.6 is 11.6 Å². The van der Waals surface area contributed by atoms with Crippen LogP contribution in [0.4, 0.5) is 0 Å². The Labute approximate surface area is 182 Å². The average Bonchev–Trinajstić information content (AvgIpc) is 3.14. The largest absolute Gasteiger partial charge is 0.342 e. The lowest BCUT2D eigenvalue weighted by Gasteiger charge is -2.37. The van der Waals surface area contributed by atoms with Gasteiger partial charge in [-0.25, -0.2) is 4.68 Å². The predicted molar refractivity (Wildman–Crippen MR) is 115 cm³/mol. The molecule has 1 unspecified atom stereocenters. The Morgan fingerprint density at radius 3 is 2.57 bits per heavy atom. The summed E-state index contributed by atoms with van der Waals surface area (Å²) in [6.07, 6.45) is 3.70. The van der Waals surface area contributed by atoms with E-state index in [0.29, 0.717) is 48.3 Å². The second kappa shape index (κ2) is 8.76. The summed E-state index contributed by atoms with van der Waals surface area (Å²) in [5.74, 6) is 0.729. The van der Waals surface area contributed by atoms with E-state index in [1.807, 2.05) is 24.0 Å². The number of halogens is 1. The molecule has 0 N–H and O–H groups in total. The van der Waals surface area contributed by atoms with Gasteiger partial charge in [0.25, 0.3) is 5.91 Å². The van der Waals surface area contributed by atoms with Gasteiger partial charge in [0.1, 0.15) is 0 Å². The van der Waals surface area contributed by atoms with E-state index in [0.717, 1.165) is 25.2 Å². The smallest absolute Gasteiger partial charge is 0.276 e. The molecule has 2 saturated heterocycles. The molecular formula is C22H28ClN5O2. The molecule has 2 fully saturated rings. The zero-order valence-electron chi connectivity index (χ0n) is 17.6. The third-order valence-electron chi connectivity index (χ3n) is 6.25. The van der Waals surface area contributed by atoms with Crippen molar-refractivity contribution in [3.63, 3.8) is 0 Å². The minimum Gasteiger partial charge on any atom is -0.342 e. The lowest BCUT2D eigenvalue weighted by Crippen LogP contribution is -2.47. The quantitative estimate of drug-likeness (QED) is 0.750. The van der Waals surface area contributed by atoms with E-state index in [4.69, 9.17) is 11.6 Å². The van der Waals surface area contributed by atoms with Crippen LogP contribution in [0.25, 0.3) is 5.69 Å². The number of likely N-dealkylation sites (tertiary alicyclic amines) is 2. The fourth-order valence-corrected chi connectivity index (χ4v) is 4.69. The van der Waals surface area contributed by atoms with Crippen LogP contribution in [0.3, 0.4) is 0 Å². The molecule has 0 spiro atoms. The molecule has 2 aliphatic rings. The fraction of sp³-hybridized carbons (Fsp3) is 0.545. The van der Waals surface area contributed by atoms with Gasteiger partial charge in [0.2, 0.25) is 5.91 Å². The summed E-state index contributed by atoms with van der Waals surface area (Å²) >= 11 is 6.07. The second-order valence-corrected chi connectivity index (χ2v) is 8.95. The van der Waals surface area contributed by atoms with Crippen LogP contribution < -0.4 is 0 Å². The van der Waals surface area contributed by atoms with Gasteiger partial charge < -0.3 is 9.80 Å². The molecule has 0 saturated carbocycles. The van der Waals surface area contributed by atoms with Gasteiger partial charge in [-0.05, 0) is 56.7 Å². The van der Waals surface area contributed by atoms with E-state index in [1.54, 1.807) is 21.7 Å². The molecule has 2 aromatic rings. The van der Waals surface area contributed by atoms with Crippen molar-refractivity contribution in [1.29, 1.82) is 0 Å². The van der Waals surface area contributed by atoms with Crippen molar-refractivity contribution in [2.75, 3.05) is 26.2 Å². The third kappa shape index (κ3) is 4.21. The maximum Gasteiger partial charge on any atom is 0.276 e. The van der Waals surface area contributed by atoms with Gasteiger partial charge in [-0.3, -0.25) is 9.59 Å². The third-order valence-corrected chi connectivity index (χ3v) is 6.49. The molecule has 1 aromatic carbocycles. The number of piperidine rings is 2. The first kappa shape index (κ1) is 20.8. The molecule has 1 aromatic heterocycles. The van der Waals surface area contributed by atoms with Crippen molar-refractivity contribution in [3.05, 3.63) is 40.7 Å². The van der Waals surface area contributed by atoms with Crippen LogP contribution in [0.15, 0.2) is 24.3 Å². The van der Waals surface area contributed by atoms with Crippen LogP contribution in [0.2, 0.25) is 5.02 Å². The number of amides is 2. The first-order chi connectivity index (χ1) is 14.4. The molecule has 2 amide bonds. The van der Waals surface area contributed by atoms with Gasteiger partial charge in [-0.15, -0.1) is 5.10 Å². The highest BCUT2D eigenvalue weighted by molar-refractivity contribution is 6.30. The monoisotopic (exact) mass is 429 g/mol. The Morgan fingerprint density at radius 2 is 1.87 bits per heavy atom. The number of benzene rings is 1. The second-order valence-electron chi connectivity index (χ2n) is 8.51. The normalized spacial score (nSPS) is 20.4. The summed E-state index contributed by atoms with van der Waals surface area (Å²) in [5, 5.41) is 8.89. The Balaban J connectivity index is 1.39. The number of carbonyl (C=O) groups is 2. The molecule has 7 nitrogen and oxygen atoms in total. The number of carbonyl (C=O) groups excluding carboxylic acids is 2. The van der Waals surface area contributed by atoms with Crippen molar-refractivity contribution in [2.24, 2.45) is 11.8 Å². The Morgan fingerprint density at radius 1 is 1.10 bits per heavy atom. The van der Waals surface area contributed by atoms with E-state index in [2.05, 4.69) is 17.2 Å². The van der Waals surface area contributed by atoms with Gasteiger partial charge in [0, 0.05) is 37.1 Å². The van der Waals surface area contributed by atoms with E-state index in [1.165, 1.54) is 6.42 Å². The van der Waals surface area contributed by atoms with Crippen molar-refractivity contribution >= 4 is 23.4 Å². The Bertz CT molecular complexity index is 935. The molecular weight excluding hydrogens is 402 g/mol. The van der Waals surface area contributed by atoms with Crippen molar-refractivity contribution < 1.29 is 9.59 Å². The van der Waals surface area contributed by atoms with Crippen LogP contribution in [0, 0.1) is 18.8 Å². The highest BCUT2D eigenvalue weighted by Gasteiger charge is 2.33. The lowest BCUT2D eigenvalue weighted by molar-refractivity contribution is -0.138. The fourth-order valence-electron chi connectivity index (χ4n) is 4.51. The van der Waals surface area contributed by atoms with Crippen molar-refractivity contribution in [1.82, 2.24) is 24.8 Å². The number of aromatic nitrogens is 3. The summed E-state index contributed by atoms with van der Waals surface area (Å²) in [7, 11) is 0. The van der Waals surface area contributed by atoms with Crippen molar-refractivity contribution in [2.45, 2.75) is 39.5 Å². The summed E-state index contributed by atoms with van der Waals surface area (Å²) in [5.41, 5.74) is 1.80. The van der Waals surface area contributed by atoms with Crippen molar-refractivity contribution in [3.8, 4) is 5.69 Å². The van der Waals surface area contributed by atoms with E-state index < -0.39 is 0 Å². The summed E-state index contributed by atoms with van der Waals surface area (Å²) in [6.45, 7) is 6.92. The molecule has 1 atom stereocenters. The predicted octanol–water partition coefficient (Wildman–Crippen LogP) is 3.34. The Kier molecular flexibility index (Phi) is 6.09. The topological polar surface area (TPSA) is 71.3 Å². The molecule has 3 heterocycles. The van der Waals surface area contributed by atoms with Crippen LogP contribution in [0.5, 0.6) is 0 Å². The molecule has 0 bridgehead atoms. The number of hydrogen-bond acceptors (Lipinski definition) is 4. The molecule has 30 heavy (non-hydrogen) atoms. The summed E-state index contributed by atoms with van der Waals surface area (Å²) in [4.78, 5) is 29.7.